The molecule has 1 aromatic carbocycles. The van der Waals surface area contributed by atoms with Crippen molar-refractivity contribution >= 4 is 11.8 Å². The highest BCUT2D eigenvalue weighted by atomic mass is 19.2. The monoisotopic (exact) mass is 366 g/mol. The molecule has 26 heavy (non-hydrogen) atoms. The molecule has 1 atom stereocenters. The van der Waals surface area contributed by atoms with Crippen molar-refractivity contribution in [3.63, 3.8) is 0 Å². The number of nitrogens with zero attached hydrogens (tertiary/aromatic N) is 2. The van der Waals surface area contributed by atoms with Crippen LogP contribution in [0.5, 0.6) is 0 Å². The van der Waals surface area contributed by atoms with E-state index in [9.17, 15) is 18.4 Å². The van der Waals surface area contributed by atoms with Gasteiger partial charge in [-0.05, 0) is 43.9 Å². The van der Waals surface area contributed by atoms with Gasteiger partial charge in [-0.2, -0.15) is 0 Å². The van der Waals surface area contributed by atoms with Crippen LogP contribution in [0.15, 0.2) is 18.2 Å². The molecule has 7 heteroatoms. The number of hydrogen-bond donors (Lipinski definition) is 1. The van der Waals surface area contributed by atoms with Gasteiger partial charge >= 0.3 is 0 Å². The number of hydrogen-bond acceptors (Lipinski definition) is 3. The second-order valence-corrected chi connectivity index (χ2v) is 7.35. The Balaban J connectivity index is 1.72. The molecule has 2 aliphatic rings. The minimum atomic E-state index is -1.03. The molecule has 0 aliphatic carbocycles. The normalized spacial score (nSPS) is 23.6. The highest BCUT2D eigenvalue weighted by Crippen LogP contribution is 2.39. The number of aliphatic hydroxyl groups excluding tert-OH is 1. The molecule has 1 aromatic rings. The van der Waals surface area contributed by atoms with Crippen LogP contribution in [0.4, 0.5) is 8.78 Å². The molecular weight excluding hydrogens is 342 g/mol. The second kappa shape index (κ2) is 7.70. The van der Waals surface area contributed by atoms with Crippen molar-refractivity contribution in [1.29, 1.82) is 0 Å². The van der Waals surface area contributed by atoms with Crippen molar-refractivity contribution in [3.05, 3.63) is 35.4 Å². The Labute approximate surface area is 151 Å². The number of aliphatic hydroxyl groups is 1. The van der Waals surface area contributed by atoms with Crippen LogP contribution in [0.1, 0.15) is 42.5 Å². The third-order valence-corrected chi connectivity index (χ3v) is 5.45. The van der Waals surface area contributed by atoms with Crippen LogP contribution < -0.4 is 0 Å². The van der Waals surface area contributed by atoms with Crippen LogP contribution in [0, 0.1) is 17.0 Å². The van der Waals surface area contributed by atoms with Gasteiger partial charge in [0, 0.05) is 50.2 Å². The molecule has 2 amide bonds. The fraction of sp³-hybridized carbons (Fsp3) is 0.579. The topological polar surface area (TPSA) is 60.9 Å². The summed E-state index contributed by atoms with van der Waals surface area (Å²) in [6.45, 7) is 2.22. The molecule has 0 saturated carbocycles. The van der Waals surface area contributed by atoms with Crippen molar-refractivity contribution in [3.8, 4) is 0 Å². The Kier molecular flexibility index (Phi) is 5.55. The summed E-state index contributed by atoms with van der Waals surface area (Å²) in [6.07, 6.45) is 3.45. The Morgan fingerprint density at radius 1 is 1.19 bits per heavy atom. The quantitative estimate of drug-likeness (QED) is 0.889. The minimum absolute atomic E-state index is 0.0392. The average molecular weight is 366 g/mol. The summed E-state index contributed by atoms with van der Waals surface area (Å²) in [5.41, 5.74) is -0.0134. The highest BCUT2D eigenvalue weighted by Gasteiger charge is 2.42. The lowest BCUT2D eigenvalue weighted by Crippen LogP contribution is -2.55. The van der Waals surface area contributed by atoms with Crippen molar-refractivity contribution in [1.82, 2.24) is 9.80 Å². The van der Waals surface area contributed by atoms with Gasteiger partial charge in [0.15, 0.2) is 11.6 Å². The van der Waals surface area contributed by atoms with E-state index in [-0.39, 0.29) is 29.4 Å². The first-order valence-corrected chi connectivity index (χ1v) is 9.07. The second-order valence-electron chi connectivity index (χ2n) is 7.35. The van der Waals surface area contributed by atoms with E-state index in [1.165, 1.54) is 6.07 Å². The number of carbonyl (C=O) groups excluding carboxylic acids is 2. The molecule has 3 rings (SSSR count). The lowest BCUT2D eigenvalue weighted by atomic mass is 9.73. The Hall–Kier alpha value is -2.02. The smallest absolute Gasteiger partial charge is 0.253 e. The summed E-state index contributed by atoms with van der Waals surface area (Å²) in [4.78, 5) is 28.3. The zero-order chi connectivity index (χ0) is 18.7. The Morgan fingerprint density at radius 3 is 2.73 bits per heavy atom. The number of benzene rings is 1. The van der Waals surface area contributed by atoms with Gasteiger partial charge < -0.3 is 14.9 Å². The van der Waals surface area contributed by atoms with Crippen LogP contribution in [0.2, 0.25) is 0 Å². The van der Waals surface area contributed by atoms with Crippen molar-refractivity contribution in [2.45, 2.75) is 32.1 Å². The van der Waals surface area contributed by atoms with E-state index in [2.05, 4.69) is 0 Å². The molecule has 2 fully saturated rings. The maximum Gasteiger partial charge on any atom is 0.253 e. The molecular formula is C19H24F2N2O3. The first kappa shape index (κ1) is 18.8. The fourth-order valence-corrected chi connectivity index (χ4v) is 4.09. The third-order valence-electron chi connectivity index (χ3n) is 5.45. The van der Waals surface area contributed by atoms with Crippen LogP contribution in [-0.4, -0.2) is 59.5 Å². The van der Waals surface area contributed by atoms with Gasteiger partial charge in [0.1, 0.15) is 0 Å². The lowest BCUT2D eigenvalue weighted by Gasteiger charge is -2.48. The zero-order valence-corrected chi connectivity index (χ0v) is 14.7. The van der Waals surface area contributed by atoms with Crippen molar-refractivity contribution < 1.29 is 23.5 Å². The molecule has 2 aliphatic heterocycles. The highest BCUT2D eigenvalue weighted by molar-refractivity contribution is 5.94. The molecule has 0 radical (unpaired) electrons. The van der Waals surface area contributed by atoms with E-state index in [1.807, 2.05) is 0 Å². The number of halogens is 2. The summed E-state index contributed by atoms with van der Waals surface area (Å²) in [7, 11) is 0. The predicted octanol–water partition coefficient (Wildman–Crippen LogP) is 2.19. The summed E-state index contributed by atoms with van der Waals surface area (Å²) in [5, 5.41) is 9.02. The summed E-state index contributed by atoms with van der Waals surface area (Å²) in [6, 6.07) is 3.22. The van der Waals surface area contributed by atoms with Gasteiger partial charge in [-0.15, -0.1) is 0 Å². The average Bonchev–Trinajstić information content (AvgIpc) is 2.64. The predicted molar refractivity (Wildman–Crippen MR) is 91.4 cm³/mol. The van der Waals surface area contributed by atoms with E-state index in [0.29, 0.717) is 39.0 Å². The minimum Gasteiger partial charge on any atom is -0.396 e. The van der Waals surface area contributed by atoms with Gasteiger partial charge in [-0.1, -0.05) is 0 Å². The van der Waals surface area contributed by atoms with Crippen LogP contribution in [0.25, 0.3) is 0 Å². The number of piperidine rings is 2. The molecule has 1 spiro atoms. The van der Waals surface area contributed by atoms with Gasteiger partial charge in [-0.3, -0.25) is 9.59 Å². The molecule has 1 N–H and O–H groups in total. The zero-order valence-electron chi connectivity index (χ0n) is 14.7. The molecule has 142 valence electrons. The van der Waals surface area contributed by atoms with Gasteiger partial charge in [0.2, 0.25) is 5.91 Å². The van der Waals surface area contributed by atoms with E-state index < -0.39 is 11.6 Å². The molecule has 1 unspecified atom stereocenters. The van der Waals surface area contributed by atoms with Crippen molar-refractivity contribution in [2.75, 3.05) is 32.8 Å². The van der Waals surface area contributed by atoms with Crippen LogP contribution in [0.3, 0.4) is 0 Å². The van der Waals surface area contributed by atoms with E-state index in [1.54, 1.807) is 9.80 Å². The molecule has 5 nitrogen and oxygen atoms in total. The summed E-state index contributed by atoms with van der Waals surface area (Å²) < 4.78 is 26.6. The third kappa shape index (κ3) is 3.87. The standard InChI is InChI=1S/C19H24F2N2O3/c20-15-4-3-14(11-16(15)21)18(26)23-8-1-6-19(13-23)7-5-17(25)22(12-19)9-2-10-24/h3-4,11,24H,1-2,5-10,12-13H2. The molecule has 2 heterocycles. The fourth-order valence-electron chi connectivity index (χ4n) is 4.09. The molecule has 2 saturated heterocycles. The Morgan fingerprint density at radius 2 is 2.00 bits per heavy atom. The molecule has 0 aromatic heterocycles. The largest absolute Gasteiger partial charge is 0.396 e. The van der Waals surface area contributed by atoms with E-state index in [4.69, 9.17) is 5.11 Å². The van der Waals surface area contributed by atoms with Gasteiger partial charge in [0.05, 0.1) is 0 Å². The van der Waals surface area contributed by atoms with Crippen LogP contribution >= 0.6 is 0 Å². The Bertz CT molecular complexity index is 697. The summed E-state index contributed by atoms with van der Waals surface area (Å²) in [5.74, 6) is -2.21. The van der Waals surface area contributed by atoms with Crippen molar-refractivity contribution in [2.24, 2.45) is 5.41 Å². The van der Waals surface area contributed by atoms with E-state index in [0.717, 1.165) is 31.4 Å². The van der Waals surface area contributed by atoms with E-state index >= 15 is 0 Å². The van der Waals surface area contributed by atoms with Crippen LogP contribution in [-0.2, 0) is 4.79 Å². The van der Waals surface area contributed by atoms with Gasteiger partial charge in [-0.25, -0.2) is 8.78 Å². The first-order valence-electron chi connectivity index (χ1n) is 9.07. The number of amides is 2. The SMILES string of the molecule is O=C1CCC2(CCCN(C(=O)c3ccc(F)c(F)c3)C2)CN1CCCO. The maximum atomic E-state index is 13.5. The molecule has 0 bridgehead atoms. The summed E-state index contributed by atoms with van der Waals surface area (Å²) >= 11 is 0. The number of carbonyl (C=O) groups is 2. The number of rotatable bonds is 4. The first-order chi connectivity index (χ1) is 12.4. The lowest BCUT2D eigenvalue weighted by molar-refractivity contribution is -0.139. The maximum absolute atomic E-state index is 13.5. The van der Waals surface area contributed by atoms with Gasteiger partial charge in [0.25, 0.3) is 5.91 Å². The number of likely N-dealkylation sites (tertiary alicyclic amines) is 2.